The minimum Gasteiger partial charge on any atom is -0.506 e. The number of nitrogens with one attached hydrogen (secondary N) is 3. The molecule has 0 spiro atoms. The highest BCUT2D eigenvalue weighted by Gasteiger charge is 2.19. The molecular weight excluding hydrogens is 398 g/mol. The van der Waals surface area contributed by atoms with Gasteiger partial charge in [0.15, 0.2) is 0 Å². The van der Waals surface area contributed by atoms with Crippen molar-refractivity contribution in [1.82, 2.24) is 4.98 Å². The normalized spacial score (nSPS) is 10.9. The highest BCUT2D eigenvalue weighted by Crippen LogP contribution is 2.30. The summed E-state index contributed by atoms with van der Waals surface area (Å²) in [6.07, 6.45) is 1.37. The third kappa shape index (κ3) is 4.38. The summed E-state index contributed by atoms with van der Waals surface area (Å²) in [5.74, 6) is -0.831. The van der Waals surface area contributed by atoms with Gasteiger partial charge in [0.2, 0.25) is 0 Å². The van der Waals surface area contributed by atoms with Gasteiger partial charge >= 0.3 is 0 Å². The molecule has 0 radical (unpaired) electrons. The number of benzene rings is 2. The van der Waals surface area contributed by atoms with E-state index >= 15 is 0 Å². The Kier molecular flexibility index (Phi) is 5.55. The maximum atomic E-state index is 12.7. The van der Waals surface area contributed by atoms with Gasteiger partial charge in [0.05, 0.1) is 23.4 Å². The Balaban J connectivity index is 1.91. The monoisotopic (exact) mass is 415 g/mol. The molecule has 0 aliphatic rings. The molecule has 4 N–H and O–H groups in total. The van der Waals surface area contributed by atoms with Gasteiger partial charge in [0.25, 0.3) is 21.5 Å². The average molecular weight is 415 g/mol. The van der Waals surface area contributed by atoms with Gasteiger partial charge in [-0.3, -0.25) is 14.3 Å². The van der Waals surface area contributed by atoms with E-state index in [9.17, 15) is 23.1 Å². The summed E-state index contributed by atoms with van der Waals surface area (Å²) >= 11 is 0. The number of H-pyrrole nitrogens is 1. The minimum atomic E-state index is -4.05. The highest BCUT2D eigenvalue weighted by atomic mass is 32.2. The summed E-state index contributed by atoms with van der Waals surface area (Å²) < 4.78 is 33.0. The van der Waals surface area contributed by atoms with Gasteiger partial charge in [0.1, 0.15) is 17.1 Å². The average Bonchev–Trinajstić information content (AvgIpc) is 2.70. The van der Waals surface area contributed by atoms with Crippen molar-refractivity contribution in [1.29, 1.82) is 0 Å². The summed E-state index contributed by atoms with van der Waals surface area (Å²) in [4.78, 5) is 26.2. The molecule has 9 nitrogen and oxygen atoms in total. The van der Waals surface area contributed by atoms with Crippen molar-refractivity contribution in [2.45, 2.75) is 4.90 Å². The molecule has 0 saturated carbocycles. The second-order valence-corrected chi connectivity index (χ2v) is 7.53. The molecule has 150 valence electrons. The van der Waals surface area contributed by atoms with E-state index in [-0.39, 0.29) is 27.6 Å². The predicted molar refractivity (Wildman–Crippen MR) is 107 cm³/mol. The van der Waals surface area contributed by atoms with E-state index in [0.717, 1.165) is 12.1 Å². The van der Waals surface area contributed by atoms with Crippen LogP contribution < -0.4 is 20.3 Å². The zero-order valence-corrected chi connectivity index (χ0v) is 16.0. The lowest BCUT2D eigenvalue weighted by Gasteiger charge is -2.13. The van der Waals surface area contributed by atoms with Gasteiger partial charge in [-0.05, 0) is 42.5 Å². The molecular formula is C19H17N3O6S. The number of anilines is 2. The Bertz CT molecular complexity index is 1220. The number of carbonyl (C=O) groups is 1. The van der Waals surface area contributed by atoms with Gasteiger partial charge in [-0.2, -0.15) is 0 Å². The first kappa shape index (κ1) is 20.0. The number of phenols is 1. The van der Waals surface area contributed by atoms with E-state index in [1.54, 1.807) is 18.2 Å². The highest BCUT2D eigenvalue weighted by molar-refractivity contribution is 7.92. The predicted octanol–water partition coefficient (Wildman–Crippen LogP) is 2.14. The van der Waals surface area contributed by atoms with Crippen molar-refractivity contribution in [2.24, 2.45) is 0 Å². The molecule has 0 atom stereocenters. The SMILES string of the molecule is COc1ccccc1NS(=O)(=O)c1ccc(O)c(NC(=O)c2ccc[nH]c2=O)c1. The fraction of sp³-hybridized carbons (Fsp3) is 0.0526. The number of methoxy groups -OCH3 is 1. The molecule has 3 rings (SSSR count). The maximum Gasteiger partial charge on any atom is 0.262 e. The number of carbonyl (C=O) groups excluding carboxylic acids is 1. The number of aromatic amines is 1. The molecule has 0 saturated heterocycles. The fourth-order valence-electron chi connectivity index (χ4n) is 2.51. The molecule has 2 aromatic carbocycles. The van der Waals surface area contributed by atoms with Crippen LogP contribution in [0, 0.1) is 0 Å². The largest absolute Gasteiger partial charge is 0.506 e. The first-order valence-corrected chi connectivity index (χ1v) is 9.78. The summed E-state index contributed by atoms with van der Waals surface area (Å²) in [7, 11) is -2.64. The number of hydrogen-bond acceptors (Lipinski definition) is 6. The third-order valence-corrected chi connectivity index (χ3v) is 5.30. The number of ether oxygens (including phenoxy) is 1. The van der Waals surface area contributed by atoms with Gasteiger partial charge in [-0.1, -0.05) is 12.1 Å². The second kappa shape index (κ2) is 8.07. The van der Waals surface area contributed by atoms with E-state index in [1.165, 1.54) is 37.6 Å². The molecule has 0 aliphatic heterocycles. The van der Waals surface area contributed by atoms with Gasteiger partial charge in [0, 0.05) is 6.20 Å². The molecule has 1 aromatic heterocycles. The van der Waals surface area contributed by atoms with E-state index in [4.69, 9.17) is 4.74 Å². The number of phenolic OH excluding ortho intramolecular Hbond substituents is 1. The summed E-state index contributed by atoms with van der Waals surface area (Å²) in [6, 6.07) is 12.6. The molecule has 3 aromatic rings. The van der Waals surface area contributed by atoms with Gasteiger partial charge in [-0.25, -0.2) is 8.42 Å². The van der Waals surface area contributed by atoms with Gasteiger partial charge < -0.3 is 20.1 Å². The molecule has 0 unspecified atom stereocenters. The number of aromatic hydroxyl groups is 1. The van der Waals surface area contributed by atoms with Crippen LogP contribution in [-0.2, 0) is 10.0 Å². The number of sulfonamides is 1. The smallest absolute Gasteiger partial charge is 0.262 e. The zero-order valence-electron chi connectivity index (χ0n) is 15.2. The lowest BCUT2D eigenvalue weighted by atomic mass is 10.2. The zero-order chi connectivity index (χ0) is 21.0. The quantitative estimate of drug-likeness (QED) is 0.455. The number of aromatic nitrogens is 1. The summed E-state index contributed by atoms with van der Waals surface area (Å²) in [5.41, 5.74) is -0.746. The lowest BCUT2D eigenvalue weighted by molar-refractivity contribution is 0.102. The van der Waals surface area contributed by atoms with Crippen LogP contribution in [0.3, 0.4) is 0 Å². The van der Waals surface area contributed by atoms with Crippen LogP contribution in [0.25, 0.3) is 0 Å². The minimum absolute atomic E-state index is 0.166. The van der Waals surface area contributed by atoms with Crippen LogP contribution in [-0.4, -0.2) is 31.5 Å². The molecule has 0 aliphatic carbocycles. The lowest BCUT2D eigenvalue weighted by Crippen LogP contribution is -2.22. The second-order valence-electron chi connectivity index (χ2n) is 5.85. The standard InChI is InChI=1S/C19H17N3O6S/c1-28-17-7-3-2-6-14(17)22-29(26,27)12-8-9-16(23)15(11-12)21-19(25)13-5-4-10-20-18(13)24/h2-11,22-23H,1H3,(H,20,24)(H,21,25). The molecule has 10 heteroatoms. The van der Waals surface area contributed by atoms with Crippen molar-refractivity contribution in [3.8, 4) is 11.5 Å². The third-order valence-electron chi connectivity index (χ3n) is 3.94. The van der Waals surface area contributed by atoms with Crippen molar-refractivity contribution in [2.75, 3.05) is 17.1 Å². The van der Waals surface area contributed by atoms with Crippen LogP contribution in [0.5, 0.6) is 11.5 Å². The van der Waals surface area contributed by atoms with E-state index in [0.29, 0.717) is 5.75 Å². The van der Waals surface area contributed by atoms with Crippen molar-refractivity contribution >= 4 is 27.3 Å². The molecule has 29 heavy (non-hydrogen) atoms. The maximum absolute atomic E-state index is 12.7. The topological polar surface area (TPSA) is 138 Å². The van der Waals surface area contributed by atoms with Crippen molar-refractivity contribution < 1.29 is 23.1 Å². The van der Waals surface area contributed by atoms with Gasteiger partial charge in [-0.15, -0.1) is 0 Å². The number of hydrogen-bond donors (Lipinski definition) is 4. The Morgan fingerprint density at radius 3 is 2.55 bits per heavy atom. The van der Waals surface area contributed by atoms with E-state index in [2.05, 4.69) is 15.0 Å². The van der Waals surface area contributed by atoms with Crippen LogP contribution >= 0.6 is 0 Å². The van der Waals surface area contributed by atoms with E-state index < -0.39 is 21.5 Å². The van der Waals surface area contributed by atoms with E-state index in [1.807, 2.05) is 0 Å². The number of rotatable bonds is 6. The first-order valence-electron chi connectivity index (χ1n) is 8.30. The molecule has 0 fully saturated rings. The molecule has 1 heterocycles. The number of amides is 1. The number of pyridine rings is 1. The summed E-state index contributed by atoms with van der Waals surface area (Å²) in [5, 5.41) is 12.3. The molecule has 1 amide bonds. The number of para-hydroxylation sites is 2. The van der Waals surface area contributed by atoms with Crippen molar-refractivity contribution in [3.63, 3.8) is 0 Å². The Labute approximate surface area is 166 Å². The Morgan fingerprint density at radius 1 is 1.07 bits per heavy atom. The first-order chi connectivity index (χ1) is 13.8. The Hall–Kier alpha value is -3.79. The van der Waals surface area contributed by atoms with Crippen LogP contribution in [0.15, 0.2) is 70.5 Å². The fourth-order valence-corrected chi connectivity index (χ4v) is 3.60. The molecule has 0 bridgehead atoms. The summed E-state index contributed by atoms with van der Waals surface area (Å²) in [6.45, 7) is 0. The van der Waals surface area contributed by atoms with Crippen LogP contribution in [0.4, 0.5) is 11.4 Å². The Morgan fingerprint density at radius 2 is 1.83 bits per heavy atom. The van der Waals surface area contributed by atoms with Crippen LogP contribution in [0.1, 0.15) is 10.4 Å². The van der Waals surface area contributed by atoms with Crippen LogP contribution in [0.2, 0.25) is 0 Å². The van der Waals surface area contributed by atoms with Crippen molar-refractivity contribution in [3.05, 3.63) is 76.7 Å².